The van der Waals surface area contributed by atoms with E-state index in [-0.39, 0.29) is 6.04 Å². The Hall–Kier alpha value is -0.430. The molecule has 0 spiro atoms. The Morgan fingerprint density at radius 2 is 2.06 bits per heavy atom. The maximum Gasteiger partial charge on any atom is 0.250 e. The second kappa shape index (κ2) is 6.65. The maximum absolute atomic E-state index is 12.1. The van der Waals surface area contributed by atoms with E-state index in [1.54, 1.807) is 12.1 Å². The highest BCUT2D eigenvalue weighted by atomic mass is 32.2. The summed E-state index contributed by atoms with van der Waals surface area (Å²) in [6.45, 7) is 6.52. The summed E-state index contributed by atoms with van der Waals surface area (Å²) in [6, 6.07) is 3.33. The van der Waals surface area contributed by atoms with Gasteiger partial charge in [0.05, 0.1) is 0 Å². The van der Waals surface area contributed by atoms with Gasteiger partial charge in [0, 0.05) is 17.5 Å². The zero-order valence-corrected chi connectivity index (χ0v) is 12.8. The van der Waals surface area contributed by atoms with Gasteiger partial charge in [0.2, 0.25) is 10.0 Å². The fraction of sp³-hybridized carbons (Fsp3) is 0.667. The highest BCUT2D eigenvalue weighted by Crippen LogP contribution is 2.22. The van der Waals surface area contributed by atoms with E-state index < -0.39 is 10.0 Å². The van der Waals surface area contributed by atoms with E-state index >= 15 is 0 Å². The van der Waals surface area contributed by atoms with Gasteiger partial charge in [-0.05, 0) is 31.4 Å². The van der Waals surface area contributed by atoms with Gasteiger partial charge < -0.3 is 5.73 Å². The molecule has 0 saturated carbocycles. The molecular formula is C12H22N2O2S2. The molecule has 0 bridgehead atoms. The Morgan fingerprint density at radius 1 is 1.39 bits per heavy atom. The highest BCUT2D eigenvalue weighted by Gasteiger charge is 2.20. The minimum absolute atomic E-state index is 0.0478. The third kappa shape index (κ3) is 4.35. The van der Waals surface area contributed by atoms with E-state index in [0.717, 1.165) is 17.7 Å². The molecule has 1 aromatic rings. The van der Waals surface area contributed by atoms with Crippen LogP contribution in [0, 0.1) is 5.92 Å². The van der Waals surface area contributed by atoms with Gasteiger partial charge in [0.1, 0.15) is 4.21 Å². The lowest BCUT2D eigenvalue weighted by molar-refractivity contribution is 0.446. The first kappa shape index (κ1) is 15.6. The van der Waals surface area contributed by atoms with Gasteiger partial charge >= 0.3 is 0 Å². The Balaban J connectivity index is 2.69. The lowest BCUT2D eigenvalue weighted by Gasteiger charge is -2.16. The van der Waals surface area contributed by atoms with E-state index in [4.69, 9.17) is 5.73 Å². The van der Waals surface area contributed by atoms with Crippen LogP contribution in [0.2, 0.25) is 0 Å². The molecule has 0 amide bonds. The topological polar surface area (TPSA) is 72.2 Å². The Bertz CT molecular complexity index is 468. The average molecular weight is 290 g/mol. The van der Waals surface area contributed by atoms with Crippen LogP contribution in [0.25, 0.3) is 0 Å². The van der Waals surface area contributed by atoms with Crippen LogP contribution >= 0.6 is 11.3 Å². The average Bonchev–Trinajstić information content (AvgIpc) is 2.77. The number of hydrogen-bond acceptors (Lipinski definition) is 4. The van der Waals surface area contributed by atoms with Crippen molar-refractivity contribution in [1.82, 2.24) is 4.72 Å². The summed E-state index contributed by atoms with van der Waals surface area (Å²) in [5, 5.41) is 0. The van der Waals surface area contributed by atoms with Gasteiger partial charge in [-0.2, -0.15) is 0 Å². The molecule has 0 aliphatic carbocycles. The van der Waals surface area contributed by atoms with Crippen molar-refractivity contribution in [2.24, 2.45) is 11.7 Å². The van der Waals surface area contributed by atoms with Crippen molar-refractivity contribution >= 4 is 21.4 Å². The van der Waals surface area contributed by atoms with Crippen molar-refractivity contribution in [3.63, 3.8) is 0 Å². The Labute approximate surface area is 114 Å². The van der Waals surface area contributed by atoms with E-state index in [2.05, 4.69) is 18.6 Å². The maximum atomic E-state index is 12.1. The van der Waals surface area contributed by atoms with Crippen molar-refractivity contribution in [3.05, 3.63) is 17.0 Å². The molecule has 2 atom stereocenters. The van der Waals surface area contributed by atoms with Crippen LogP contribution in [0.1, 0.15) is 38.5 Å². The molecule has 1 heterocycles. The SMILES string of the molecule is CCC(C)CC(C)NS(=O)(=O)c1ccc(CN)s1. The van der Waals surface area contributed by atoms with Crippen molar-refractivity contribution < 1.29 is 8.42 Å². The van der Waals surface area contributed by atoms with Gasteiger partial charge in [-0.1, -0.05) is 20.3 Å². The molecule has 0 fully saturated rings. The van der Waals surface area contributed by atoms with Crippen molar-refractivity contribution in [1.29, 1.82) is 0 Å². The molecule has 1 rings (SSSR count). The number of rotatable bonds is 7. The third-order valence-electron chi connectivity index (χ3n) is 2.91. The predicted octanol–water partition coefficient (Wildman–Crippen LogP) is 2.31. The summed E-state index contributed by atoms with van der Waals surface area (Å²) < 4.78 is 27.3. The molecule has 4 nitrogen and oxygen atoms in total. The number of thiophene rings is 1. The monoisotopic (exact) mass is 290 g/mol. The summed E-state index contributed by atoms with van der Waals surface area (Å²) in [4.78, 5) is 0.880. The van der Waals surface area contributed by atoms with E-state index in [1.807, 2.05) is 6.92 Å². The zero-order chi connectivity index (χ0) is 13.8. The van der Waals surface area contributed by atoms with Crippen LogP contribution in [0.15, 0.2) is 16.3 Å². The van der Waals surface area contributed by atoms with Gasteiger partial charge in [-0.25, -0.2) is 13.1 Å². The van der Waals surface area contributed by atoms with Gasteiger partial charge in [-0.3, -0.25) is 0 Å². The number of sulfonamides is 1. The second-order valence-electron chi connectivity index (χ2n) is 4.70. The van der Waals surface area contributed by atoms with Crippen molar-refractivity contribution in [3.8, 4) is 0 Å². The van der Waals surface area contributed by atoms with Crippen LogP contribution in [-0.4, -0.2) is 14.5 Å². The highest BCUT2D eigenvalue weighted by molar-refractivity contribution is 7.91. The molecule has 3 N–H and O–H groups in total. The number of nitrogens with one attached hydrogen (secondary N) is 1. The van der Waals surface area contributed by atoms with E-state index in [0.29, 0.717) is 16.7 Å². The van der Waals surface area contributed by atoms with Gasteiger partial charge in [0.25, 0.3) is 0 Å². The normalized spacial score (nSPS) is 15.6. The molecule has 0 aliphatic heterocycles. The summed E-state index contributed by atoms with van der Waals surface area (Å²) >= 11 is 1.23. The van der Waals surface area contributed by atoms with Gasteiger partial charge in [0.15, 0.2) is 0 Å². The minimum atomic E-state index is -3.39. The largest absolute Gasteiger partial charge is 0.326 e. The summed E-state index contributed by atoms with van der Waals surface area (Å²) in [7, 11) is -3.39. The quantitative estimate of drug-likeness (QED) is 0.809. The van der Waals surface area contributed by atoms with Crippen LogP contribution in [0.3, 0.4) is 0 Å². The molecule has 6 heteroatoms. The predicted molar refractivity (Wildman–Crippen MR) is 76.1 cm³/mol. The molecule has 104 valence electrons. The summed E-state index contributed by atoms with van der Waals surface area (Å²) in [6.07, 6.45) is 1.91. The first-order chi connectivity index (χ1) is 8.39. The molecule has 0 saturated heterocycles. The first-order valence-corrected chi connectivity index (χ1v) is 8.50. The van der Waals surface area contributed by atoms with E-state index in [1.165, 1.54) is 11.3 Å². The smallest absolute Gasteiger partial charge is 0.250 e. The minimum Gasteiger partial charge on any atom is -0.326 e. The van der Waals surface area contributed by atoms with Crippen LogP contribution in [-0.2, 0) is 16.6 Å². The molecular weight excluding hydrogens is 268 g/mol. The fourth-order valence-corrected chi connectivity index (χ4v) is 4.26. The summed E-state index contributed by atoms with van der Waals surface area (Å²) in [5.41, 5.74) is 5.49. The first-order valence-electron chi connectivity index (χ1n) is 6.20. The molecule has 18 heavy (non-hydrogen) atoms. The van der Waals surface area contributed by atoms with E-state index in [9.17, 15) is 8.42 Å². The Morgan fingerprint density at radius 3 is 2.56 bits per heavy atom. The molecule has 0 radical (unpaired) electrons. The molecule has 1 aromatic heterocycles. The van der Waals surface area contributed by atoms with Crippen molar-refractivity contribution in [2.45, 2.75) is 50.4 Å². The second-order valence-corrected chi connectivity index (χ2v) is 7.81. The van der Waals surface area contributed by atoms with Gasteiger partial charge in [-0.15, -0.1) is 11.3 Å². The zero-order valence-electron chi connectivity index (χ0n) is 11.1. The molecule has 2 unspecified atom stereocenters. The molecule has 0 aromatic carbocycles. The number of nitrogens with two attached hydrogens (primary N) is 1. The fourth-order valence-electron chi connectivity index (χ4n) is 1.75. The third-order valence-corrected chi connectivity index (χ3v) is 6.10. The lowest BCUT2D eigenvalue weighted by Crippen LogP contribution is -2.33. The standard InChI is InChI=1S/C12H22N2O2S2/c1-4-9(2)7-10(3)14-18(15,16)12-6-5-11(8-13)17-12/h5-6,9-10,14H,4,7-8,13H2,1-3H3. The number of hydrogen-bond donors (Lipinski definition) is 2. The van der Waals surface area contributed by atoms with Crippen LogP contribution in [0.4, 0.5) is 0 Å². The van der Waals surface area contributed by atoms with Crippen molar-refractivity contribution in [2.75, 3.05) is 0 Å². The lowest BCUT2D eigenvalue weighted by atomic mass is 10.0. The van der Waals surface area contributed by atoms with Crippen LogP contribution < -0.4 is 10.5 Å². The summed E-state index contributed by atoms with van der Waals surface area (Å²) in [5.74, 6) is 0.519. The van der Waals surface area contributed by atoms with Crippen LogP contribution in [0.5, 0.6) is 0 Å². The Kier molecular flexibility index (Phi) is 5.78. The molecule has 0 aliphatic rings.